The van der Waals surface area contributed by atoms with Crippen molar-refractivity contribution >= 4 is 33.1 Å². The van der Waals surface area contributed by atoms with Crippen molar-refractivity contribution in [2.45, 2.75) is 13.3 Å². The lowest BCUT2D eigenvalue weighted by Crippen LogP contribution is -1.84. The van der Waals surface area contributed by atoms with Crippen LogP contribution in [0.15, 0.2) is 22.7 Å². The third-order valence-corrected chi connectivity index (χ3v) is 2.99. The van der Waals surface area contributed by atoms with Gasteiger partial charge in [0.1, 0.15) is 0 Å². The number of hydrogen-bond acceptors (Lipinski definition) is 0. The van der Waals surface area contributed by atoms with Crippen LogP contribution in [-0.4, -0.2) is 0 Å². The van der Waals surface area contributed by atoms with Gasteiger partial charge in [0.2, 0.25) is 0 Å². The molecule has 0 spiro atoms. The fourth-order valence-electron chi connectivity index (χ4n) is 1.53. The average Bonchev–Trinajstić information content (AvgIpc) is 2.33. The van der Waals surface area contributed by atoms with Crippen LogP contribution in [0.25, 0.3) is 5.57 Å². The second-order valence-electron chi connectivity index (χ2n) is 3.00. The summed E-state index contributed by atoms with van der Waals surface area (Å²) in [5, 5.41) is 0.868. The Bertz CT molecular complexity index is 366. The third kappa shape index (κ3) is 1.21. The zero-order valence-corrected chi connectivity index (χ0v) is 9.04. The number of benzene rings is 1. The van der Waals surface area contributed by atoms with Gasteiger partial charge in [0, 0.05) is 9.50 Å². The Morgan fingerprint density at radius 2 is 2.17 bits per heavy atom. The van der Waals surface area contributed by atoms with E-state index < -0.39 is 0 Å². The highest BCUT2D eigenvalue weighted by atomic mass is 79.9. The maximum Gasteiger partial charge on any atom is 0.0458 e. The molecule has 0 aliphatic heterocycles. The lowest BCUT2D eigenvalue weighted by atomic mass is 10.1. The summed E-state index contributed by atoms with van der Waals surface area (Å²) in [5.74, 6) is 0. The highest BCUT2D eigenvalue weighted by Gasteiger charge is 2.14. The molecule has 2 rings (SSSR count). The molecule has 1 aromatic carbocycles. The number of halogens is 2. The second-order valence-corrected chi connectivity index (χ2v) is 4.33. The van der Waals surface area contributed by atoms with Crippen LogP contribution in [0.1, 0.15) is 18.1 Å². The van der Waals surface area contributed by atoms with Gasteiger partial charge in [0.15, 0.2) is 0 Å². The van der Waals surface area contributed by atoms with Gasteiger partial charge in [-0.3, -0.25) is 0 Å². The van der Waals surface area contributed by atoms with Crippen LogP contribution in [0, 0.1) is 0 Å². The lowest BCUT2D eigenvalue weighted by molar-refractivity contribution is 1.31. The van der Waals surface area contributed by atoms with Crippen LogP contribution in [0.3, 0.4) is 0 Å². The molecular weight excluding hydrogens is 235 g/mol. The van der Waals surface area contributed by atoms with E-state index in [1.807, 2.05) is 6.07 Å². The monoisotopic (exact) mass is 242 g/mol. The fraction of sp³-hybridized carbons (Fsp3) is 0.200. The summed E-state index contributed by atoms with van der Waals surface area (Å²) in [6.45, 7) is 2.12. The normalized spacial score (nSPS) is 14.4. The molecule has 0 amide bonds. The number of fused-ring (bicyclic) bond motifs is 1. The van der Waals surface area contributed by atoms with Crippen LogP contribution < -0.4 is 0 Å². The van der Waals surface area contributed by atoms with Crippen LogP contribution >= 0.6 is 27.5 Å². The van der Waals surface area contributed by atoms with Crippen molar-refractivity contribution in [3.05, 3.63) is 38.8 Å². The first-order valence-electron chi connectivity index (χ1n) is 3.83. The van der Waals surface area contributed by atoms with Gasteiger partial charge in [0.05, 0.1) is 0 Å². The average molecular weight is 244 g/mol. The van der Waals surface area contributed by atoms with E-state index in [0.29, 0.717) is 0 Å². The lowest BCUT2D eigenvalue weighted by Gasteiger charge is -2.04. The Labute approximate surface area is 85.4 Å². The minimum absolute atomic E-state index is 0.868. The van der Waals surface area contributed by atoms with Crippen LogP contribution in [0.2, 0.25) is 5.02 Å². The van der Waals surface area contributed by atoms with E-state index in [1.165, 1.54) is 16.7 Å². The maximum atomic E-state index is 6.08. The molecule has 0 nitrogen and oxygen atoms in total. The molecule has 1 aromatic rings. The van der Waals surface area contributed by atoms with Gasteiger partial charge in [0.25, 0.3) is 0 Å². The van der Waals surface area contributed by atoms with Gasteiger partial charge in [-0.1, -0.05) is 33.6 Å². The molecule has 0 heterocycles. The number of rotatable bonds is 0. The Hall–Kier alpha value is -0.270. The molecule has 1 aliphatic carbocycles. The first-order chi connectivity index (χ1) is 5.68. The van der Waals surface area contributed by atoms with Crippen LogP contribution in [0.5, 0.6) is 0 Å². The predicted octanol–water partition coefficient (Wildman–Crippen LogP) is 4.06. The van der Waals surface area contributed by atoms with Gasteiger partial charge in [-0.25, -0.2) is 0 Å². The van der Waals surface area contributed by atoms with E-state index in [-0.39, 0.29) is 0 Å². The minimum Gasteiger partial charge on any atom is -0.0840 e. The molecule has 0 N–H and O–H groups in total. The second kappa shape index (κ2) is 2.90. The molecule has 62 valence electrons. The standard InChI is InChI=1S/C10H8BrCl/c1-6-2-3-8-9(6)4-7(11)5-10(8)12/h2,4-5H,3H2,1H3. The zero-order chi connectivity index (χ0) is 8.72. The maximum absolute atomic E-state index is 6.08. The molecule has 0 bridgehead atoms. The summed E-state index contributed by atoms with van der Waals surface area (Å²) in [7, 11) is 0. The Balaban J connectivity index is 2.67. The first kappa shape index (κ1) is 8.33. The largest absolute Gasteiger partial charge is 0.0840 e. The fourth-order valence-corrected chi connectivity index (χ4v) is 2.41. The van der Waals surface area contributed by atoms with Crippen molar-refractivity contribution < 1.29 is 0 Å². The van der Waals surface area contributed by atoms with Gasteiger partial charge >= 0.3 is 0 Å². The molecule has 0 radical (unpaired) electrons. The van der Waals surface area contributed by atoms with Crippen molar-refractivity contribution in [2.24, 2.45) is 0 Å². The molecule has 1 aliphatic rings. The molecule has 0 atom stereocenters. The summed E-state index contributed by atoms with van der Waals surface area (Å²) in [5.41, 5.74) is 3.87. The molecule has 2 heteroatoms. The smallest absolute Gasteiger partial charge is 0.0458 e. The Morgan fingerprint density at radius 3 is 2.92 bits per heavy atom. The van der Waals surface area contributed by atoms with E-state index in [2.05, 4.69) is 35.0 Å². The first-order valence-corrected chi connectivity index (χ1v) is 5.00. The third-order valence-electron chi connectivity index (χ3n) is 2.20. The predicted molar refractivity (Wildman–Crippen MR) is 56.5 cm³/mol. The SMILES string of the molecule is CC1=CCc2c(Cl)cc(Br)cc21. The van der Waals surface area contributed by atoms with Gasteiger partial charge in [-0.15, -0.1) is 0 Å². The van der Waals surface area contributed by atoms with E-state index in [4.69, 9.17) is 11.6 Å². The highest BCUT2D eigenvalue weighted by molar-refractivity contribution is 9.10. The van der Waals surface area contributed by atoms with Gasteiger partial charge in [-0.05, 0) is 42.2 Å². The van der Waals surface area contributed by atoms with Gasteiger partial charge in [-0.2, -0.15) is 0 Å². The van der Waals surface area contributed by atoms with Crippen molar-refractivity contribution in [1.82, 2.24) is 0 Å². The van der Waals surface area contributed by atoms with Crippen LogP contribution in [0.4, 0.5) is 0 Å². The molecule has 0 unspecified atom stereocenters. The number of hydrogen-bond donors (Lipinski definition) is 0. The van der Waals surface area contributed by atoms with Crippen LogP contribution in [-0.2, 0) is 6.42 Å². The summed E-state index contributed by atoms with van der Waals surface area (Å²) in [4.78, 5) is 0. The molecule has 12 heavy (non-hydrogen) atoms. The van der Waals surface area contributed by atoms with E-state index >= 15 is 0 Å². The minimum atomic E-state index is 0.868. The molecule has 0 saturated carbocycles. The molecule has 0 fully saturated rings. The summed E-state index contributed by atoms with van der Waals surface area (Å²) < 4.78 is 1.06. The number of allylic oxidation sites excluding steroid dienone is 2. The molecule has 0 aromatic heterocycles. The molecular formula is C10H8BrCl. The Morgan fingerprint density at radius 1 is 1.42 bits per heavy atom. The zero-order valence-electron chi connectivity index (χ0n) is 6.70. The van der Waals surface area contributed by atoms with Crippen molar-refractivity contribution in [3.63, 3.8) is 0 Å². The van der Waals surface area contributed by atoms with E-state index in [9.17, 15) is 0 Å². The van der Waals surface area contributed by atoms with Crippen molar-refractivity contribution in [2.75, 3.05) is 0 Å². The summed E-state index contributed by atoms with van der Waals surface area (Å²) >= 11 is 9.51. The van der Waals surface area contributed by atoms with E-state index in [1.54, 1.807) is 0 Å². The van der Waals surface area contributed by atoms with E-state index in [0.717, 1.165) is 15.9 Å². The van der Waals surface area contributed by atoms with Crippen molar-refractivity contribution in [1.29, 1.82) is 0 Å². The van der Waals surface area contributed by atoms with Crippen molar-refractivity contribution in [3.8, 4) is 0 Å². The summed E-state index contributed by atoms with van der Waals surface area (Å²) in [6, 6.07) is 4.08. The van der Waals surface area contributed by atoms with Gasteiger partial charge < -0.3 is 0 Å². The summed E-state index contributed by atoms with van der Waals surface area (Å²) in [6.07, 6.45) is 3.19. The molecule has 0 saturated heterocycles. The quantitative estimate of drug-likeness (QED) is 0.644. The highest BCUT2D eigenvalue weighted by Crippen LogP contribution is 2.34. The topological polar surface area (TPSA) is 0 Å². The Kier molecular flexibility index (Phi) is 2.01.